The predicted molar refractivity (Wildman–Crippen MR) is 61.9 cm³/mol. The first-order chi connectivity index (χ1) is 7.13. The Labute approximate surface area is 97.5 Å². The first-order valence-electron chi connectivity index (χ1n) is 4.58. The molecule has 0 bridgehead atoms. The number of ketones is 1. The van der Waals surface area contributed by atoms with Crippen molar-refractivity contribution in [1.82, 2.24) is 0 Å². The van der Waals surface area contributed by atoms with E-state index in [4.69, 9.17) is 9.47 Å². The molecule has 82 valence electrons. The molecule has 0 amide bonds. The first-order valence-corrected chi connectivity index (χ1v) is 5.38. The molecule has 4 heteroatoms. The zero-order chi connectivity index (χ0) is 11.4. The summed E-state index contributed by atoms with van der Waals surface area (Å²) < 4.78 is 10.9. The van der Waals surface area contributed by atoms with Crippen molar-refractivity contribution in [2.75, 3.05) is 14.2 Å². The van der Waals surface area contributed by atoms with Crippen LogP contribution in [0.4, 0.5) is 0 Å². The highest BCUT2D eigenvalue weighted by Gasteiger charge is 2.14. The van der Waals surface area contributed by atoms with Gasteiger partial charge in [-0.05, 0) is 22.0 Å². The second-order valence-corrected chi connectivity index (χ2v) is 3.76. The second kappa shape index (κ2) is 5.16. The van der Waals surface area contributed by atoms with Gasteiger partial charge in [-0.15, -0.1) is 0 Å². The standard InChI is InChI=1S/C11H13BrO3/c1-4-9(13)8-5-7(14-2)6-10(15-3)11(8)12/h5-6H,4H2,1-3H3. The molecule has 1 aromatic rings. The Balaban J connectivity index is 3.30. The van der Waals surface area contributed by atoms with Crippen LogP contribution in [0.1, 0.15) is 23.7 Å². The van der Waals surface area contributed by atoms with E-state index in [0.29, 0.717) is 28.0 Å². The van der Waals surface area contributed by atoms with E-state index >= 15 is 0 Å². The van der Waals surface area contributed by atoms with Crippen LogP contribution in [0.15, 0.2) is 16.6 Å². The molecule has 0 aliphatic heterocycles. The number of rotatable bonds is 4. The monoisotopic (exact) mass is 272 g/mol. The predicted octanol–water partition coefficient (Wildman–Crippen LogP) is 3.06. The Morgan fingerprint density at radius 1 is 1.33 bits per heavy atom. The molecule has 0 N–H and O–H groups in total. The summed E-state index contributed by atoms with van der Waals surface area (Å²) in [6, 6.07) is 3.44. The summed E-state index contributed by atoms with van der Waals surface area (Å²) in [4.78, 5) is 11.6. The first kappa shape index (κ1) is 12.0. The summed E-state index contributed by atoms with van der Waals surface area (Å²) in [7, 11) is 3.11. The van der Waals surface area contributed by atoms with E-state index < -0.39 is 0 Å². The van der Waals surface area contributed by atoms with Gasteiger partial charge in [-0.3, -0.25) is 4.79 Å². The molecule has 0 heterocycles. The number of halogens is 1. The molecule has 1 aromatic carbocycles. The van der Waals surface area contributed by atoms with Crippen LogP contribution >= 0.6 is 15.9 Å². The third kappa shape index (κ3) is 2.50. The average molecular weight is 273 g/mol. The minimum Gasteiger partial charge on any atom is -0.497 e. The van der Waals surface area contributed by atoms with Gasteiger partial charge in [-0.25, -0.2) is 0 Å². The van der Waals surface area contributed by atoms with E-state index in [0.717, 1.165) is 0 Å². The topological polar surface area (TPSA) is 35.5 Å². The van der Waals surface area contributed by atoms with Crippen LogP contribution in [0.2, 0.25) is 0 Å². The van der Waals surface area contributed by atoms with Gasteiger partial charge in [0.15, 0.2) is 5.78 Å². The lowest BCUT2D eigenvalue weighted by atomic mass is 10.1. The SMILES string of the molecule is CCC(=O)c1cc(OC)cc(OC)c1Br. The van der Waals surface area contributed by atoms with Gasteiger partial charge in [0.2, 0.25) is 0 Å². The molecular formula is C11H13BrO3. The Morgan fingerprint density at radius 3 is 2.47 bits per heavy atom. The third-order valence-corrected chi connectivity index (χ3v) is 2.91. The Bertz CT molecular complexity index is 374. The molecule has 0 radical (unpaired) electrons. The number of benzene rings is 1. The van der Waals surface area contributed by atoms with E-state index in [-0.39, 0.29) is 5.78 Å². The van der Waals surface area contributed by atoms with Crippen LogP contribution in [0.25, 0.3) is 0 Å². The van der Waals surface area contributed by atoms with Crippen LogP contribution in [0, 0.1) is 0 Å². The van der Waals surface area contributed by atoms with Crippen LogP contribution in [0.5, 0.6) is 11.5 Å². The summed E-state index contributed by atoms with van der Waals surface area (Å²) in [6.07, 6.45) is 0.453. The Kier molecular flexibility index (Phi) is 4.15. The minimum absolute atomic E-state index is 0.0547. The maximum absolute atomic E-state index is 11.6. The van der Waals surface area contributed by atoms with Gasteiger partial charge in [0.05, 0.1) is 18.7 Å². The fourth-order valence-corrected chi connectivity index (χ4v) is 1.84. The number of ether oxygens (including phenoxy) is 2. The molecule has 0 aromatic heterocycles. The number of Topliss-reactive ketones (excluding diaryl/α,β-unsaturated/α-hetero) is 1. The molecule has 0 spiro atoms. The van der Waals surface area contributed by atoms with Crippen LogP contribution in [-0.4, -0.2) is 20.0 Å². The maximum atomic E-state index is 11.6. The van der Waals surface area contributed by atoms with Gasteiger partial charge in [0, 0.05) is 18.1 Å². The Hall–Kier alpha value is -1.03. The highest BCUT2D eigenvalue weighted by Crippen LogP contribution is 2.33. The van der Waals surface area contributed by atoms with Crippen molar-refractivity contribution in [1.29, 1.82) is 0 Å². The van der Waals surface area contributed by atoms with Crippen LogP contribution in [0.3, 0.4) is 0 Å². The third-order valence-electron chi connectivity index (χ3n) is 2.09. The Morgan fingerprint density at radius 2 is 2.00 bits per heavy atom. The highest BCUT2D eigenvalue weighted by atomic mass is 79.9. The van der Waals surface area contributed by atoms with Gasteiger partial charge < -0.3 is 9.47 Å². The van der Waals surface area contributed by atoms with Gasteiger partial charge in [-0.1, -0.05) is 6.92 Å². The smallest absolute Gasteiger partial charge is 0.164 e. The molecule has 1 rings (SSSR count). The quantitative estimate of drug-likeness (QED) is 0.791. The summed E-state index contributed by atoms with van der Waals surface area (Å²) in [6.45, 7) is 1.82. The lowest BCUT2D eigenvalue weighted by Crippen LogP contribution is -2.00. The molecule has 0 saturated heterocycles. The van der Waals surface area contributed by atoms with Crippen molar-refractivity contribution in [3.05, 3.63) is 22.2 Å². The number of carbonyl (C=O) groups is 1. The number of hydrogen-bond donors (Lipinski definition) is 0. The number of methoxy groups -OCH3 is 2. The van der Waals surface area contributed by atoms with Crippen molar-refractivity contribution in [3.63, 3.8) is 0 Å². The summed E-state index contributed by atoms with van der Waals surface area (Å²) in [5.41, 5.74) is 0.591. The van der Waals surface area contributed by atoms with Crippen LogP contribution in [-0.2, 0) is 0 Å². The van der Waals surface area contributed by atoms with Crippen molar-refractivity contribution >= 4 is 21.7 Å². The fraction of sp³-hybridized carbons (Fsp3) is 0.364. The van der Waals surface area contributed by atoms with E-state index in [2.05, 4.69) is 15.9 Å². The largest absolute Gasteiger partial charge is 0.497 e. The van der Waals surface area contributed by atoms with Crippen molar-refractivity contribution < 1.29 is 14.3 Å². The molecule has 0 unspecified atom stereocenters. The maximum Gasteiger partial charge on any atom is 0.164 e. The van der Waals surface area contributed by atoms with Crippen molar-refractivity contribution in [2.24, 2.45) is 0 Å². The number of carbonyl (C=O) groups excluding carboxylic acids is 1. The molecule has 3 nitrogen and oxygen atoms in total. The summed E-state index contributed by atoms with van der Waals surface area (Å²) in [5, 5.41) is 0. The van der Waals surface area contributed by atoms with Gasteiger partial charge >= 0.3 is 0 Å². The van der Waals surface area contributed by atoms with Gasteiger partial charge in [0.1, 0.15) is 11.5 Å². The van der Waals surface area contributed by atoms with Crippen molar-refractivity contribution in [3.8, 4) is 11.5 Å². The lowest BCUT2D eigenvalue weighted by molar-refractivity contribution is 0.0986. The zero-order valence-corrected chi connectivity index (χ0v) is 10.6. The second-order valence-electron chi connectivity index (χ2n) is 2.97. The summed E-state index contributed by atoms with van der Waals surface area (Å²) >= 11 is 3.34. The zero-order valence-electron chi connectivity index (χ0n) is 8.96. The fourth-order valence-electron chi connectivity index (χ4n) is 1.23. The van der Waals surface area contributed by atoms with E-state index in [1.54, 1.807) is 26.4 Å². The minimum atomic E-state index is 0.0547. The molecular weight excluding hydrogens is 260 g/mol. The molecule has 15 heavy (non-hydrogen) atoms. The normalized spacial score (nSPS) is 9.87. The highest BCUT2D eigenvalue weighted by molar-refractivity contribution is 9.10. The molecule has 0 atom stereocenters. The van der Waals surface area contributed by atoms with E-state index in [9.17, 15) is 4.79 Å². The van der Waals surface area contributed by atoms with E-state index in [1.165, 1.54) is 0 Å². The molecule has 0 aliphatic rings. The van der Waals surface area contributed by atoms with Crippen molar-refractivity contribution in [2.45, 2.75) is 13.3 Å². The van der Waals surface area contributed by atoms with Gasteiger partial charge in [0.25, 0.3) is 0 Å². The van der Waals surface area contributed by atoms with E-state index in [1.807, 2.05) is 6.92 Å². The number of hydrogen-bond acceptors (Lipinski definition) is 3. The molecule has 0 fully saturated rings. The molecule has 0 aliphatic carbocycles. The summed E-state index contributed by atoms with van der Waals surface area (Å²) in [5.74, 6) is 1.28. The van der Waals surface area contributed by atoms with Crippen LogP contribution < -0.4 is 9.47 Å². The average Bonchev–Trinajstić information content (AvgIpc) is 2.28. The van der Waals surface area contributed by atoms with Gasteiger partial charge in [-0.2, -0.15) is 0 Å². The molecule has 0 saturated carbocycles. The lowest BCUT2D eigenvalue weighted by Gasteiger charge is -2.10.